The van der Waals surface area contributed by atoms with Gasteiger partial charge in [0.2, 0.25) is 0 Å². The van der Waals surface area contributed by atoms with Crippen LogP contribution in [0.5, 0.6) is 0 Å². The van der Waals surface area contributed by atoms with E-state index in [9.17, 15) is 0 Å². The number of nitrogens with zero attached hydrogens (tertiary/aromatic N) is 3. The van der Waals surface area contributed by atoms with E-state index < -0.39 is 0 Å². The van der Waals surface area contributed by atoms with Crippen LogP contribution in [0.2, 0.25) is 5.15 Å². The number of hydrogen-bond acceptors (Lipinski definition) is 4. The Balaban J connectivity index is 2.29. The first-order valence-electron chi connectivity index (χ1n) is 6.59. The maximum atomic E-state index is 6.09. The highest BCUT2D eigenvalue weighted by atomic mass is 35.5. The molecule has 1 aliphatic rings. The van der Waals surface area contributed by atoms with Gasteiger partial charge >= 0.3 is 0 Å². The van der Waals surface area contributed by atoms with Gasteiger partial charge in [0.25, 0.3) is 0 Å². The molecule has 3 nitrogen and oxygen atoms in total. The number of aromatic nitrogens is 2. The number of halogens is 1. The summed E-state index contributed by atoms with van der Waals surface area (Å²) in [5.41, 5.74) is 0. The first-order chi connectivity index (χ1) is 8.74. The van der Waals surface area contributed by atoms with E-state index in [0.717, 1.165) is 23.9 Å². The van der Waals surface area contributed by atoms with Crippen molar-refractivity contribution in [2.75, 3.05) is 17.7 Å². The molecule has 0 N–H and O–H groups in total. The van der Waals surface area contributed by atoms with Gasteiger partial charge in [-0.15, -0.1) is 0 Å². The number of thioether (sulfide) groups is 1. The van der Waals surface area contributed by atoms with Crippen molar-refractivity contribution in [1.82, 2.24) is 9.97 Å². The molecular weight excluding hydrogens is 266 g/mol. The van der Waals surface area contributed by atoms with Crippen LogP contribution < -0.4 is 4.90 Å². The zero-order valence-electron chi connectivity index (χ0n) is 11.0. The molecule has 0 spiro atoms. The van der Waals surface area contributed by atoms with Crippen molar-refractivity contribution in [2.45, 2.75) is 50.2 Å². The van der Waals surface area contributed by atoms with Crippen molar-refractivity contribution in [3.05, 3.63) is 11.2 Å². The van der Waals surface area contributed by atoms with Gasteiger partial charge in [0.05, 0.1) is 0 Å². The van der Waals surface area contributed by atoms with Gasteiger partial charge < -0.3 is 4.90 Å². The average molecular weight is 286 g/mol. The van der Waals surface area contributed by atoms with Gasteiger partial charge in [-0.3, -0.25) is 0 Å². The molecular formula is C13H20ClN3S. The molecule has 1 fully saturated rings. The molecule has 2 rings (SSSR count). The highest BCUT2D eigenvalue weighted by molar-refractivity contribution is 7.98. The third kappa shape index (κ3) is 3.29. The Kier molecular flexibility index (Phi) is 5.13. The molecule has 0 amide bonds. The monoisotopic (exact) mass is 285 g/mol. The number of rotatable bonds is 3. The van der Waals surface area contributed by atoms with E-state index in [1.807, 2.05) is 12.3 Å². The minimum Gasteiger partial charge on any atom is -0.353 e. The molecule has 2 heterocycles. The standard InChI is InChI=1S/C13H20ClN3S/c1-3-10-7-5-4-6-8-17(10)12-9-11(14)15-13(16-12)18-2/h9-10H,3-8H2,1-2H3. The largest absolute Gasteiger partial charge is 0.353 e. The predicted molar refractivity (Wildman–Crippen MR) is 78.7 cm³/mol. The molecule has 1 aliphatic heterocycles. The Labute approximate surface area is 118 Å². The first kappa shape index (κ1) is 13.9. The van der Waals surface area contributed by atoms with E-state index in [1.54, 1.807) is 11.8 Å². The van der Waals surface area contributed by atoms with E-state index in [2.05, 4.69) is 21.8 Å². The fourth-order valence-electron chi connectivity index (χ4n) is 2.53. The quantitative estimate of drug-likeness (QED) is 0.477. The SMILES string of the molecule is CCC1CCCCCN1c1cc(Cl)nc(SC)n1. The molecule has 1 unspecified atom stereocenters. The third-order valence-electron chi connectivity index (χ3n) is 3.49. The molecule has 18 heavy (non-hydrogen) atoms. The lowest BCUT2D eigenvalue weighted by atomic mass is 10.1. The summed E-state index contributed by atoms with van der Waals surface area (Å²) in [4.78, 5) is 11.2. The van der Waals surface area contributed by atoms with Crippen LogP contribution in [0.3, 0.4) is 0 Å². The lowest BCUT2D eigenvalue weighted by Crippen LogP contribution is -2.35. The van der Waals surface area contributed by atoms with E-state index in [0.29, 0.717) is 11.2 Å². The molecule has 100 valence electrons. The number of hydrogen-bond donors (Lipinski definition) is 0. The predicted octanol–water partition coefficient (Wildman–Crippen LogP) is 4.01. The Hall–Kier alpha value is -0.480. The maximum absolute atomic E-state index is 6.09. The molecule has 0 aliphatic carbocycles. The fourth-order valence-corrected chi connectivity index (χ4v) is 3.13. The zero-order chi connectivity index (χ0) is 13.0. The van der Waals surface area contributed by atoms with E-state index in [-0.39, 0.29) is 0 Å². The summed E-state index contributed by atoms with van der Waals surface area (Å²) in [6, 6.07) is 2.49. The van der Waals surface area contributed by atoms with Gasteiger partial charge in [-0.05, 0) is 25.5 Å². The van der Waals surface area contributed by atoms with Gasteiger partial charge in [-0.1, -0.05) is 43.1 Å². The van der Waals surface area contributed by atoms with E-state index >= 15 is 0 Å². The molecule has 0 bridgehead atoms. The summed E-state index contributed by atoms with van der Waals surface area (Å²) in [5, 5.41) is 1.31. The maximum Gasteiger partial charge on any atom is 0.190 e. The zero-order valence-corrected chi connectivity index (χ0v) is 12.6. The number of anilines is 1. The van der Waals surface area contributed by atoms with Crippen molar-refractivity contribution in [1.29, 1.82) is 0 Å². The molecule has 0 radical (unpaired) electrons. The molecule has 5 heteroatoms. The van der Waals surface area contributed by atoms with Crippen molar-refractivity contribution in [3.8, 4) is 0 Å². The van der Waals surface area contributed by atoms with Gasteiger partial charge in [-0.25, -0.2) is 9.97 Å². The molecule has 1 saturated heterocycles. The van der Waals surface area contributed by atoms with Crippen LogP contribution >= 0.6 is 23.4 Å². The van der Waals surface area contributed by atoms with Crippen molar-refractivity contribution < 1.29 is 0 Å². The van der Waals surface area contributed by atoms with Gasteiger partial charge in [-0.2, -0.15) is 0 Å². The minimum absolute atomic E-state index is 0.545. The summed E-state index contributed by atoms with van der Waals surface area (Å²) in [6.07, 6.45) is 8.29. The van der Waals surface area contributed by atoms with Crippen molar-refractivity contribution >= 4 is 29.2 Å². The highest BCUT2D eigenvalue weighted by Gasteiger charge is 2.21. The Morgan fingerprint density at radius 1 is 1.39 bits per heavy atom. The molecule has 1 aromatic heterocycles. The van der Waals surface area contributed by atoms with Gasteiger partial charge in [0.15, 0.2) is 5.16 Å². The average Bonchev–Trinajstić information content (AvgIpc) is 2.62. The van der Waals surface area contributed by atoms with Crippen molar-refractivity contribution in [3.63, 3.8) is 0 Å². The van der Waals surface area contributed by atoms with Crippen LogP contribution in [-0.4, -0.2) is 28.8 Å². The minimum atomic E-state index is 0.545. The summed E-state index contributed by atoms with van der Waals surface area (Å²) < 4.78 is 0. The second-order valence-corrected chi connectivity index (χ2v) is 5.80. The van der Waals surface area contributed by atoms with Crippen LogP contribution in [0.15, 0.2) is 11.2 Å². The summed E-state index contributed by atoms with van der Waals surface area (Å²) in [5.74, 6) is 0.994. The second-order valence-electron chi connectivity index (χ2n) is 4.64. The second kappa shape index (κ2) is 6.62. The van der Waals surface area contributed by atoms with Crippen molar-refractivity contribution in [2.24, 2.45) is 0 Å². The summed E-state index contributed by atoms with van der Waals surface area (Å²) >= 11 is 7.63. The fraction of sp³-hybridized carbons (Fsp3) is 0.692. The van der Waals surface area contributed by atoms with Crippen LogP contribution in [0.1, 0.15) is 39.0 Å². The lowest BCUT2D eigenvalue weighted by Gasteiger charge is -2.30. The first-order valence-corrected chi connectivity index (χ1v) is 8.20. The van der Waals surface area contributed by atoms with Crippen LogP contribution in [0.25, 0.3) is 0 Å². The van der Waals surface area contributed by atoms with E-state index in [1.165, 1.54) is 25.7 Å². The highest BCUT2D eigenvalue weighted by Crippen LogP contribution is 2.27. The molecule has 1 atom stereocenters. The molecule has 0 saturated carbocycles. The molecule has 0 aromatic carbocycles. The van der Waals surface area contributed by atoms with Gasteiger partial charge in [0.1, 0.15) is 11.0 Å². The Morgan fingerprint density at radius 2 is 2.22 bits per heavy atom. The van der Waals surface area contributed by atoms with Crippen LogP contribution in [0, 0.1) is 0 Å². The Bertz CT molecular complexity index is 400. The van der Waals surface area contributed by atoms with Crippen LogP contribution in [-0.2, 0) is 0 Å². The smallest absolute Gasteiger partial charge is 0.190 e. The topological polar surface area (TPSA) is 29.0 Å². The van der Waals surface area contributed by atoms with Crippen LogP contribution in [0.4, 0.5) is 5.82 Å². The molecule has 1 aromatic rings. The summed E-state index contributed by atoms with van der Waals surface area (Å²) in [7, 11) is 0. The van der Waals surface area contributed by atoms with Gasteiger partial charge in [0, 0.05) is 18.7 Å². The third-order valence-corrected chi connectivity index (χ3v) is 4.23. The Morgan fingerprint density at radius 3 is 2.94 bits per heavy atom. The van der Waals surface area contributed by atoms with E-state index in [4.69, 9.17) is 11.6 Å². The summed E-state index contributed by atoms with van der Waals surface area (Å²) in [6.45, 7) is 3.33. The lowest BCUT2D eigenvalue weighted by molar-refractivity contribution is 0.550. The normalized spacial score (nSPS) is 20.8.